The van der Waals surface area contributed by atoms with Crippen LogP contribution < -0.4 is 4.74 Å². The van der Waals surface area contributed by atoms with Crippen LogP contribution in [0.1, 0.15) is 34.5 Å². The number of pyridine rings is 1. The minimum Gasteiger partial charge on any atom is -0.487 e. The molecule has 2 aromatic carbocycles. The zero-order valence-corrected chi connectivity index (χ0v) is 17.4. The van der Waals surface area contributed by atoms with Gasteiger partial charge in [-0.3, -0.25) is 4.79 Å². The van der Waals surface area contributed by atoms with Gasteiger partial charge in [-0.2, -0.15) is 0 Å². The number of carbonyl (C=O) groups excluding carboxylic acids is 1. The summed E-state index contributed by atoms with van der Waals surface area (Å²) in [5.74, 6) is 0.762. The van der Waals surface area contributed by atoms with Gasteiger partial charge in [-0.25, -0.2) is 4.98 Å². The lowest BCUT2D eigenvalue weighted by atomic mass is 10.0. The molecule has 5 nitrogen and oxygen atoms in total. The van der Waals surface area contributed by atoms with Crippen molar-refractivity contribution in [1.82, 2.24) is 14.3 Å². The van der Waals surface area contributed by atoms with E-state index in [9.17, 15) is 4.79 Å². The monoisotopic (exact) mass is 411 g/mol. The van der Waals surface area contributed by atoms with E-state index in [1.165, 1.54) is 5.56 Å². The van der Waals surface area contributed by atoms with Crippen LogP contribution in [0.4, 0.5) is 0 Å². The van der Waals surface area contributed by atoms with E-state index in [4.69, 9.17) is 4.74 Å². The van der Waals surface area contributed by atoms with Gasteiger partial charge in [0.1, 0.15) is 18.0 Å². The van der Waals surface area contributed by atoms with Gasteiger partial charge in [0.2, 0.25) is 0 Å². The number of rotatable bonds is 6. The third kappa shape index (κ3) is 4.31. The molecule has 4 aromatic rings. The van der Waals surface area contributed by atoms with Crippen molar-refractivity contribution in [3.8, 4) is 5.75 Å². The Bertz CT molecular complexity index is 1150. The van der Waals surface area contributed by atoms with E-state index in [-0.39, 0.29) is 11.9 Å². The molecular formula is C26H25N3O2. The molecular weight excluding hydrogens is 386 g/mol. The normalized spacial score (nSPS) is 16.0. The highest BCUT2D eigenvalue weighted by Gasteiger charge is 2.29. The Morgan fingerprint density at radius 1 is 1.03 bits per heavy atom. The second-order valence-corrected chi connectivity index (χ2v) is 8.00. The predicted molar refractivity (Wildman–Crippen MR) is 120 cm³/mol. The van der Waals surface area contributed by atoms with Gasteiger partial charge in [0.25, 0.3) is 5.91 Å². The molecule has 3 heterocycles. The Kier molecular flexibility index (Phi) is 5.40. The lowest BCUT2D eigenvalue weighted by Gasteiger charge is -2.25. The summed E-state index contributed by atoms with van der Waals surface area (Å²) in [6.45, 7) is 1.17. The zero-order valence-electron chi connectivity index (χ0n) is 17.4. The number of benzene rings is 2. The van der Waals surface area contributed by atoms with E-state index in [0.29, 0.717) is 17.9 Å². The number of likely N-dealkylation sites (tertiary alicyclic amines) is 1. The van der Waals surface area contributed by atoms with E-state index in [1.807, 2.05) is 70.2 Å². The van der Waals surface area contributed by atoms with Gasteiger partial charge >= 0.3 is 0 Å². The van der Waals surface area contributed by atoms with Crippen LogP contribution in [0, 0.1) is 0 Å². The summed E-state index contributed by atoms with van der Waals surface area (Å²) in [5, 5.41) is 0. The van der Waals surface area contributed by atoms with Gasteiger partial charge in [0.15, 0.2) is 0 Å². The highest BCUT2D eigenvalue weighted by atomic mass is 16.5. The number of amides is 1. The molecule has 156 valence electrons. The number of fused-ring (bicyclic) bond motifs is 1. The smallest absolute Gasteiger partial charge is 0.254 e. The van der Waals surface area contributed by atoms with Crippen molar-refractivity contribution in [2.75, 3.05) is 6.54 Å². The van der Waals surface area contributed by atoms with Crippen LogP contribution >= 0.6 is 0 Å². The van der Waals surface area contributed by atoms with Crippen molar-refractivity contribution < 1.29 is 9.53 Å². The number of hydrogen-bond acceptors (Lipinski definition) is 3. The molecule has 1 aliphatic rings. The Labute approximate surface area is 181 Å². The molecule has 0 spiro atoms. The fraction of sp³-hybridized carbons (Fsp3) is 0.231. The molecule has 31 heavy (non-hydrogen) atoms. The molecule has 2 aromatic heterocycles. The Morgan fingerprint density at radius 3 is 2.77 bits per heavy atom. The largest absolute Gasteiger partial charge is 0.487 e. The molecule has 0 saturated carbocycles. The highest BCUT2D eigenvalue weighted by Crippen LogP contribution is 2.25. The van der Waals surface area contributed by atoms with E-state index in [1.54, 1.807) is 0 Å². The van der Waals surface area contributed by atoms with Gasteiger partial charge in [-0.1, -0.05) is 42.5 Å². The summed E-state index contributed by atoms with van der Waals surface area (Å²) in [7, 11) is 0. The first kappa shape index (κ1) is 19.4. The van der Waals surface area contributed by atoms with Crippen LogP contribution in [0.5, 0.6) is 5.75 Å². The second kappa shape index (κ2) is 8.64. The molecule has 0 radical (unpaired) electrons. The molecule has 0 bridgehead atoms. The van der Waals surface area contributed by atoms with E-state index in [2.05, 4.69) is 29.2 Å². The van der Waals surface area contributed by atoms with Crippen molar-refractivity contribution in [2.24, 2.45) is 0 Å². The van der Waals surface area contributed by atoms with E-state index >= 15 is 0 Å². The van der Waals surface area contributed by atoms with Crippen molar-refractivity contribution in [1.29, 1.82) is 0 Å². The summed E-state index contributed by atoms with van der Waals surface area (Å²) in [5.41, 5.74) is 3.69. The molecule has 1 aliphatic heterocycles. The number of ether oxygens (including phenoxy) is 1. The van der Waals surface area contributed by atoms with Gasteiger partial charge in [-0.05, 0) is 55.2 Å². The Hall–Kier alpha value is -3.60. The van der Waals surface area contributed by atoms with Gasteiger partial charge in [0.05, 0.1) is 5.69 Å². The van der Waals surface area contributed by atoms with Crippen LogP contribution in [-0.2, 0) is 13.0 Å². The molecule has 5 rings (SSSR count). The van der Waals surface area contributed by atoms with Crippen molar-refractivity contribution in [3.05, 3.63) is 102 Å². The van der Waals surface area contributed by atoms with Crippen molar-refractivity contribution >= 4 is 11.6 Å². The summed E-state index contributed by atoms with van der Waals surface area (Å²) >= 11 is 0. The number of carbonyl (C=O) groups is 1. The molecule has 1 atom stereocenters. The lowest BCUT2D eigenvalue weighted by molar-refractivity contribution is 0.0736. The van der Waals surface area contributed by atoms with Gasteiger partial charge in [0, 0.05) is 30.5 Å². The molecule has 5 heteroatoms. The molecule has 0 N–H and O–H groups in total. The molecule has 1 fully saturated rings. The first-order valence-electron chi connectivity index (χ1n) is 10.8. The van der Waals surface area contributed by atoms with Gasteiger partial charge in [-0.15, -0.1) is 0 Å². The maximum atomic E-state index is 13.2. The molecule has 0 aliphatic carbocycles. The fourth-order valence-corrected chi connectivity index (χ4v) is 4.30. The summed E-state index contributed by atoms with van der Waals surface area (Å²) < 4.78 is 7.92. The third-order valence-corrected chi connectivity index (χ3v) is 5.83. The maximum Gasteiger partial charge on any atom is 0.254 e. The van der Waals surface area contributed by atoms with Crippen molar-refractivity contribution in [2.45, 2.75) is 31.9 Å². The summed E-state index contributed by atoms with van der Waals surface area (Å²) in [6.07, 6.45) is 6.92. The van der Waals surface area contributed by atoms with Crippen LogP contribution in [-0.4, -0.2) is 32.8 Å². The second-order valence-electron chi connectivity index (χ2n) is 8.00. The summed E-state index contributed by atoms with van der Waals surface area (Å²) in [4.78, 5) is 19.8. The molecule has 1 amide bonds. The number of hydrogen-bond donors (Lipinski definition) is 0. The zero-order chi connectivity index (χ0) is 21.0. The van der Waals surface area contributed by atoms with E-state index < -0.39 is 0 Å². The average Bonchev–Trinajstić information content (AvgIpc) is 3.44. The highest BCUT2D eigenvalue weighted by molar-refractivity contribution is 5.95. The maximum absolute atomic E-state index is 13.2. The van der Waals surface area contributed by atoms with Crippen LogP contribution in [0.2, 0.25) is 0 Å². The lowest BCUT2D eigenvalue weighted by Crippen LogP contribution is -2.36. The Morgan fingerprint density at radius 2 is 1.90 bits per heavy atom. The fourth-order valence-electron chi connectivity index (χ4n) is 4.30. The van der Waals surface area contributed by atoms with Crippen molar-refractivity contribution in [3.63, 3.8) is 0 Å². The van der Waals surface area contributed by atoms with Crippen LogP contribution in [0.25, 0.3) is 5.65 Å². The predicted octanol–water partition coefficient (Wildman–Crippen LogP) is 4.76. The first-order valence-corrected chi connectivity index (χ1v) is 10.8. The number of nitrogens with zero attached hydrogens (tertiary/aromatic N) is 3. The topological polar surface area (TPSA) is 46.8 Å². The Balaban J connectivity index is 1.27. The minimum absolute atomic E-state index is 0.0802. The van der Waals surface area contributed by atoms with Crippen LogP contribution in [0.3, 0.4) is 0 Å². The van der Waals surface area contributed by atoms with E-state index in [0.717, 1.165) is 37.1 Å². The minimum atomic E-state index is 0.0802. The van der Waals surface area contributed by atoms with Crippen LogP contribution in [0.15, 0.2) is 85.2 Å². The first-order chi connectivity index (χ1) is 15.3. The van der Waals surface area contributed by atoms with Gasteiger partial charge < -0.3 is 14.0 Å². The SMILES string of the molecule is O=C(c1cccc(OCc2cn3ccccc3n2)c1)N1CCCC1Cc1ccccc1. The summed E-state index contributed by atoms with van der Waals surface area (Å²) in [6, 6.07) is 24.0. The quantitative estimate of drug-likeness (QED) is 0.460. The molecule has 1 saturated heterocycles. The number of imidazole rings is 1. The molecule has 1 unspecified atom stereocenters. The average molecular weight is 412 g/mol. The number of aromatic nitrogens is 2. The standard InChI is InChI=1S/C26H25N3O2/c30-26(29-15-7-11-23(29)16-20-8-2-1-3-9-20)21-10-6-12-24(17-21)31-19-22-18-28-14-5-4-13-25(28)27-22/h1-6,8-10,12-14,17-18,23H,7,11,15-16,19H2. The third-order valence-electron chi connectivity index (χ3n) is 5.83.